The van der Waals surface area contributed by atoms with E-state index in [0.29, 0.717) is 16.7 Å². The van der Waals surface area contributed by atoms with Crippen LogP contribution >= 0.6 is 15.9 Å². The summed E-state index contributed by atoms with van der Waals surface area (Å²) >= 11 is 3.28. The van der Waals surface area contributed by atoms with E-state index in [9.17, 15) is 13.9 Å². The fourth-order valence-corrected chi connectivity index (χ4v) is 2.25. The van der Waals surface area contributed by atoms with E-state index in [1.807, 2.05) is 6.92 Å². The lowest BCUT2D eigenvalue weighted by molar-refractivity contribution is 0.206. The first-order valence-electron chi connectivity index (χ1n) is 5.38. The Balaban J connectivity index is 2.44. The maximum absolute atomic E-state index is 13.1. The highest BCUT2D eigenvalue weighted by Gasteiger charge is 2.20. The molecule has 0 fully saturated rings. The maximum Gasteiger partial charge on any atom is 0.159 e. The van der Waals surface area contributed by atoms with Crippen LogP contribution < -0.4 is 0 Å². The molecule has 96 valence electrons. The highest BCUT2D eigenvalue weighted by molar-refractivity contribution is 9.10. The standard InChI is InChI=1S/C12H11BrF2N2O/c1-2-17-11(8(13)6-16-17)12(18)7-3-4-9(14)10(15)5-7/h3-6,12,18H,2H2,1H3. The first-order chi connectivity index (χ1) is 8.54. The van der Waals surface area contributed by atoms with Gasteiger partial charge in [-0.2, -0.15) is 5.10 Å². The van der Waals surface area contributed by atoms with Crippen molar-refractivity contribution >= 4 is 15.9 Å². The molecule has 3 nitrogen and oxygen atoms in total. The van der Waals surface area contributed by atoms with Crippen LogP contribution in [0.3, 0.4) is 0 Å². The van der Waals surface area contributed by atoms with E-state index in [1.54, 1.807) is 10.9 Å². The van der Waals surface area contributed by atoms with E-state index in [4.69, 9.17) is 0 Å². The molecule has 0 aliphatic carbocycles. The zero-order valence-electron chi connectivity index (χ0n) is 9.57. The monoisotopic (exact) mass is 316 g/mol. The van der Waals surface area contributed by atoms with Crippen molar-refractivity contribution in [1.82, 2.24) is 9.78 Å². The molecule has 1 unspecified atom stereocenters. The Morgan fingerprint density at radius 2 is 2.11 bits per heavy atom. The van der Waals surface area contributed by atoms with Crippen LogP contribution in [0.5, 0.6) is 0 Å². The molecular formula is C12H11BrF2N2O. The second kappa shape index (κ2) is 5.16. The first-order valence-corrected chi connectivity index (χ1v) is 6.18. The molecular weight excluding hydrogens is 306 g/mol. The molecule has 0 radical (unpaired) electrons. The number of halogens is 3. The minimum absolute atomic E-state index is 0.282. The Labute approximate surface area is 111 Å². The molecule has 2 rings (SSSR count). The van der Waals surface area contributed by atoms with Gasteiger partial charge in [0.2, 0.25) is 0 Å². The van der Waals surface area contributed by atoms with Crippen LogP contribution in [-0.2, 0) is 6.54 Å². The molecule has 0 aliphatic heterocycles. The molecule has 0 aliphatic rings. The molecule has 0 saturated carbocycles. The Morgan fingerprint density at radius 1 is 1.39 bits per heavy atom. The molecule has 18 heavy (non-hydrogen) atoms. The zero-order valence-corrected chi connectivity index (χ0v) is 11.2. The molecule has 0 spiro atoms. The van der Waals surface area contributed by atoms with Crippen LogP contribution in [0.1, 0.15) is 24.3 Å². The number of aliphatic hydroxyl groups is 1. The topological polar surface area (TPSA) is 38.0 Å². The Bertz CT molecular complexity index is 571. The van der Waals surface area contributed by atoms with Crippen LogP contribution in [0, 0.1) is 11.6 Å². The lowest BCUT2D eigenvalue weighted by Gasteiger charge is -2.14. The fourth-order valence-electron chi connectivity index (χ4n) is 1.74. The van der Waals surface area contributed by atoms with E-state index in [-0.39, 0.29) is 5.56 Å². The highest BCUT2D eigenvalue weighted by atomic mass is 79.9. The Kier molecular flexibility index (Phi) is 3.77. The van der Waals surface area contributed by atoms with Crippen molar-refractivity contribution in [3.8, 4) is 0 Å². The summed E-state index contributed by atoms with van der Waals surface area (Å²) in [7, 11) is 0. The average molecular weight is 317 g/mol. The van der Waals surface area contributed by atoms with Gasteiger partial charge in [-0.1, -0.05) is 6.07 Å². The molecule has 1 N–H and O–H groups in total. The van der Waals surface area contributed by atoms with Gasteiger partial charge < -0.3 is 5.11 Å². The maximum atomic E-state index is 13.1. The minimum Gasteiger partial charge on any atom is -0.382 e. The molecule has 1 heterocycles. The van der Waals surface area contributed by atoms with Crippen LogP contribution in [0.4, 0.5) is 8.78 Å². The Morgan fingerprint density at radius 3 is 2.72 bits per heavy atom. The lowest BCUT2D eigenvalue weighted by Crippen LogP contribution is -2.10. The van der Waals surface area contributed by atoms with Crippen molar-refractivity contribution in [3.63, 3.8) is 0 Å². The quantitative estimate of drug-likeness (QED) is 0.945. The SMILES string of the molecule is CCn1ncc(Br)c1C(O)c1ccc(F)c(F)c1. The van der Waals surface area contributed by atoms with E-state index in [2.05, 4.69) is 21.0 Å². The molecule has 1 atom stereocenters. The van der Waals surface area contributed by atoms with Crippen LogP contribution in [0.2, 0.25) is 0 Å². The van der Waals surface area contributed by atoms with Gasteiger partial charge in [-0.15, -0.1) is 0 Å². The third-order valence-electron chi connectivity index (χ3n) is 2.65. The summed E-state index contributed by atoms with van der Waals surface area (Å²) in [4.78, 5) is 0. The molecule has 0 amide bonds. The molecule has 1 aromatic carbocycles. The van der Waals surface area contributed by atoms with Gasteiger partial charge >= 0.3 is 0 Å². The highest BCUT2D eigenvalue weighted by Crippen LogP contribution is 2.29. The number of nitrogens with zero attached hydrogens (tertiary/aromatic N) is 2. The number of hydrogen-bond acceptors (Lipinski definition) is 2. The van der Waals surface area contributed by atoms with Crippen molar-refractivity contribution in [2.75, 3.05) is 0 Å². The third kappa shape index (κ3) is 2.30. The number of aryl methyl sites for hydroxylation is 1. The Hall–Kier alpha value is -1.27. The molecule has 1 aromatic heterocycles. The number of benzene rings is 1. The van der Waals surface area contributed by atoms with Gasteiger partial charge in [-0.3, -0.25) is 4.68 Å². The summed E-state index contributed by atoms with van der Waals surface area (Å²) < 4.78 is 28.2. The summed E-state index contributed by atoms with van der Waals surface area (Å²) in [5, 5.41) is 14.3. The largest absolute Gasteiger partial charge is 0.382 e. The third-order valence-corrected chi connectivity index (χ3v) is 3.26. The summed E-state index contributed by atoms with van der Waals surface area (Å²) in [6.45, 7) is 2.45. The predicted octanol–water partition coefficient (Wildman–Crippen LogP) is 3.03. The summed E-state index contributed by atoms with van der Waals surface area (Å²) in [5.74, 6) is -1.92. The second-order valence-electron chi connectivity index (χ2n) is 3.77. The fraction of sp³-hybridized carbons (Fsp3) is 0.250. The van der Waals surface area contributed by atoms with Gasteiger partial charge in [0.05, 0.1) is 16.4 Å². The molecule has 6 heteroatoms. The normalized spacial score (nSPS) is 12.7. The number of aromatic nitrogens is 2. The van der Waals surface area contributed by atoms with Crippen molar-refractivity contribution in [1.29, 1.82) is 0 Å². The number of rotatable bonds is 3. The minimum atomic E-state index is -1.06. The van der Waals surface area contributed by atoms with Crippen molar-refractivity contribution in [2.24, 2.45) is 0 Å². The van der Waals surface area contributed by atoms with Crippen molar-refractivity contribution in [2.45, 2.75) is 19.6 Å². The first kappa shape index (κ1) is 13.2. The zero-order chi connectivity index (χ0) is 13.3. The molecule has 0 saturated heterocycles. The summed E-state index contributed by atoms with van der Waals surface area (Å²) in [5.41, 5.74) is 0.799. The van der Waals surface area contributed by atoms with Crippen LogP contribution in [0.15, 0.2) is 28.9 Å². The van der Waals surface area contributed by atoms with E-state index in [1.165, 1.54) is 6.07 Å². The van der Waals surface area contributed by atoms with Gasteiger partial charge in [0.15, 0.2) is 11.6 Å². The smallest absolute Gasteiger partial charge is 0.159 e. The molecule has 0 bridgehead atoms. The lowest BCUT2D eigenvalue weighted by atomic mass is 10.1. The van der Waals surface area contributed by atoms with Gasteiger partial charge in [0.25, 0.3) is 0 Å². The van der Waals surface area contributed by atoms with E-state index < -0.39 is 17.7 Å². The van der Waals surface area contributed by atoms with Crippen molar-refractivity contribution < 1.29 is 13.9 Å². The van der Waals surface area contributed by atoms with Crippen molar-refractivity contribution in [3.05, 3.63) is 51.8 Å². The number of hydrogen-bond donors (Lipinski definition) is 1. The van der Waals surface area contributed by atoms with Gasteiger partial charge in [-0.05, 0) is 40.5 Å². The van der Waals surface area contributed by atoms with E-state index in [0.717, 1.165) is 12.1 Å². The second-order valence-corrected chi connectivity index (χ2v) is 4.62. The van der Waals surface area contributed by atoms with Crippen LogP contribution in [0.25, 0.3) is 0 Å². The summed E-state index contributed by atoms with van der Waals surface area (Å²) in [6.07, 6.45) is 0.499. The van der Waals surface area contributed by atoms with Crippen LogP contribution in [-0.4, -0.2) is 14.9 Å². The summed E-state index contributed by atoms with van der Waals surface area (Å²) in [6, 6.07) is 3.33. The number of aliphatic hydroxyl groups excluding tert-OH is 1. The van der Waals surface area contributed by atoms with Gasteiger partial charge in [-0.25, -0.2) is 8.78 Å². The van der Waals surface area contributed by atoms with Gasteiger partial charge in [0.1, 0.15) is 6.10 Å². The average Bonchev–Trinajstić information content (AvgIpc) is 2.73. The molecule has 2 aromatic rings. The predicted molar refractivity (Wildman–Crippen MR) is 66.0 cm³/mol. The van der Waals surface area contributed by atoms with E-state index >= 15 is 0 Å². The van der Waals surface area contributed by atoms with Gasteiger partial charge in [0, 0.05) is 6.54 Å².